The fourth-order valence-electron chi connectivity index (χ4n) is 3.15. The Bertz CT molecular complexity index is 1180. The van der Waals surface area contributed by atoms with Gasteiger partial charge in [-0.2, -0.15) is 5.26 Å². The highest BCUT2D eigenvalue weighted by Gasteiger charge is 2.18. The van der Waals surface area contributed by atoms with Gasteiger partial charge in [-0.05, 0) is 31.5 Å². The lowest BCUT2D eigenvalue weighted by molar-refractivity contribution is -0.121. The van der Waals surface area contributed by atoms with Crippen molar-refractivity contribution in [2.45, 2.75) is 26.3 Å². The highest BCUT2D eigenvalue weighted by Crippen LogP contribution is 2.21. The number of nitrogens with one attached hydrogen (secondary N) is 2. The number of nitriles is 1. The fraction of sp³-hybridized carbons (Fsp3) is 0.200. The molecule has 0 radical (unpaired) electrons. The summed E-state index contributed by atoms with van der Waals surface area (Å²) in [5.74, 6) is -1.98. The molecule has 28 heavy (non-hydrogen) atoms. The molecule has 2 N–H and O–H groups in total. The van der Waals surface area contributed by atoms with Crippen LogP contribution in [0.2, 0.25) is 0 Å². The van der Waals surface area contributed by atoms with Crippen molar-refractivity contribution in [3.05, 3.63) is 74.8 Å². The van der Waals surface area contributed by atoms with E-state index in [0.29, 0.717) is 16.5 Å². The smallest absolute Gasteiger partial charge is 0.252 e. The van der Waals surface area contributed by atoms with Crippen LogP contribution in [0.4, 0.5) is 8.78 Å². The normalized spacial score (nSPS) is 11.8. The zero-order valence-corrected chi connectivity index (χ0v) is 15.1. The van der Waals surface area contributed by atoms with E-state index in [0.717, 1.165) is 12.1 Å². The minimum Gasteiger partial charge on any atom is -0.349 e. The number of hydrogen-bond donors (Lipinski definition) is 2. The third kappa shape index (κ3) is 3.60. The van der Waals surface area contributed by atoms with E-state index < -0.39 is 29.1 Å². The van der Waals surface area contributed by atoms with E-state index >= 15 is 0 Å². The molecule has 0 aliphatic heterocycles. The number of H-pyrrole nitrogens is 1. The van der Waals surface area contributed by atoms with Crippen LogP contribution in [0.5, 0.6) is 0 Å². The molecule has 3 aromatic rings. The predicted octanol–water partition coefficient (Wildman–Crippen LogP) is 2.80. The number of amides is 1. The maximum Gasteiger partial charge on any atom is 0.252 e. The molecule has 0 saturated carbocycles. The van der Waals surface area contributed by atoms with Crippen molar-refractivity contribution >= 4 is 16.8 Å². The molecule has 2 aromatic heterocycles. The van der Waals surface area contributed by atoms with Gasteiger partial charge in [-0.1, -0.05) is 6.07 Å². The van der Waals surface area contributed by atoms with Crippen molar-refractivity contribution in [2.75, 3.05) is 0 Å². The van der Waals surface area contributed by atoms with E-state index in [4.69, 9.17) is 0 Å². The Hall–Kier alpha value is -3.60. The van der Waals surface area contributed by atoms with Gasteiger partial charge in [0, 0.05) is 28.8 Å². The molecule has 142 valence electrons. The minimum absolute atomic E-state index is 0.134. The maximum atomic E-state index is 13.9. The number of benzene rings is 1. The summed E-state index contributed by atoms with van der Waals surface area (Å²) in [6.07, 6.45) is 1.16. The van der Waals surface area contributed by atoms with E-state index in [2.05, 4.69) is 15.3 Å². The molecule has 1 aromatic carbocycles. The van der Waals surface area contributed by atoms with Crippen LogP contribution in [0.3, 0.4) is 0 Å². The van der Waals surface area contributed by atoms with Crippen molar-refractivity contribution in [3.8, 4) is 6.07 Å². The van der Waals surface area contributed by atoms with Gasteiger partial charge in [0.05, 0.1) is 18.0 Å². The van der Waals surface area contributed by atoms with Gasteiger partial charge in [0.2, 0.25) is 5.91 Å². The Labute approximate surface area is 158 Å². The summed E-state index contributed by atoms with van der Waals surface area (Å²) < 4.78 is 26.9. The molecule has 0 spiro atoms. The number of nitrogens with zero attached hydrogens (tertiary/aromatic N) is 2. The Morgan fingerprint density at radius 1 is 1.36 bits per heavy atom. The Kier molecular flexibility index (Phi) is 5.18. The zero-order chi connectivity index (χ0) is 20.4. The van der Waals surface area contributed by atoms with Crippen LogP contribution >= 0.6 is 0 Å². The first-order valence-electron chi connectivity index (χ1n) is 8.46. The van der Waals surface area contributed by atoms with Crippen molar-refractivity contribution < 1.29 is 13.6 Å². The highest BCUT2D eigenvalue weighted by molar-refractivity contribution is 5.88. The lowest BCUT2D eigenvalue weighted by Crippen LogP contribution is -2.31. The van der Waals surface area contributed by atoms with Gasteiger partial charge in [-0.25, -0.2) is 13.8 Å². The fourth-order valence-corrected chi connectivity index (χ4v) is 3.15. The average molecular weight is 382 g/mol. The second-order valence-electron chi connectivity index (χ2n) is 6.38. The molecular weight excluding hydrogens is 366 g/mol. The number of halogens is 2. The summed E-state index contributed by atoms with van der Waals surface area (Å²) in [5, 5.41) is 12.3. The average Bonchev–Trinajstić information content (AvgIpc) is 2.64. The molecule has 1 atom stereocenters. The van der Waals surface area contributed by atoms with Gasteiger partial charge in [0.25, 0.3) is 5.56 Å². The summed E-state index contributed by atoms with van der Waals surface area (Å²) >= 11 is 0. The third-order valence-electron chi connectivity index (χ3n) is 4.55. The van der Waals surface area contributed by atoms with E-state index in [1.54, 1.807) is 19.9 Å². The quantitative estimate of drug-likeness (QED) is 0.725. The minimum atomic E-state index is -0.766. The van der Waals surface area contributed by atoms with Gasteiger partial charge in [0.1, 0.15) is 23.4 Å². The van der Waals surface area contributed by atoms with E-state index in [1.165, 1.54) is 12.3 Å². The van der Waals surface area contributed by atoms with E-state index in [-0.39, 0.29) is 23.2 Å². The second kappa shape index (κ2) is 7.56. The van der Waals surface area contributed by atoms with Crippen molar-refractivity contribution in [2.24, 2.45) is 0 Å². The van der Waals surface area contributed by atoms with Crippen LogP contribution in [0, 0.1) is 29.9 Å². The summed E-state index contributed by atoms with van der Waals surface area (Å²) in [5.41, 5.74) is 0.973. The van der Waals surface area contributed by atoms with Gasteiger partial charge >= 0.3 is 0 Å². The van der Waals surface area contributed by atoms with Crippen LogP contribution in [-0.2, 0) is 11.2 Å². The topological polar surface area (TPSA) is 98.6 Å². The van der Waals surface area contributed by atoms with Gasteiger partial charge in [-0.15, -0.1) is 0 Å². The van der Waals surface area contributed by atoms with Crippen molar-refractivity contribution in [3.63, 3.8) is 0 Å². The van der Waals surface area contributed by atoms with Crippen LogP contribution in [0.1, 0.15) is 35.3 Å². The molecule has 0 aliphatic carbocycles. The third-order valence-corrected chi connectivity index (χ3v) is 4.55. The van der Waals surface area contributed by atoms with Crippen LogP contribution in [0.25, 0.3) is 10.9 Å². The SMILES string of the molecule is Cc1c(CC(=O)N[C@H](C)c2ccc(F)cc2F)c(=O)[nH]c2ccnc(C#N)c12. The highest BCUT2D eigenvalue weighted by atomic mass is 19.1. The first kappa shape index (κ1) is 19.2. The number of aryl methyl sites for hydroxylation is 1. The molecule has 0 unspecified atom stereocenters. The summed E-state index contributed by atoms with van der Waals surface area (Å²) in [7, 11) is 0. The van der Waals surface area contributed by atoms with E-state index in [1.807, 2.05) is 6.07 Å². The number of pyridine rings is 2. The number of hydrogen-bond acceptors (Lipinski definition) is 4. The van der Waals surface area contributed by atoms with E-state index in [9.17, 15) is 23.6 Å². The Morgan fingerprint density at radius 3 is 2.79 bits per heavy atom. The molecule has 2 heterocycles. The van der Waals surface area contributed by atoms with Gasteiger partial charge in [-0.3, -0.25) is 9.59 Å². The predicted molar refractivity (Wildman–Crippen MR) is 98.4 cm³/mol. The molecule has 1 amide bonds. The zero-order valence-electron chi connectivity index (χ0n) is 15.1. The van der Waals surface area contributed by atoms with Crippen LogP contribution < -0.4 is 10.9 Å². The number of rotatable bonds is 4. The first-order valence-corrected chi connectivity index (χ1v) is 8.46. The largest absolute Gasteiger partial charge is 0.349 e. The lowest BCUT2D eigenvalue weighted by atomic mass is 10.0. The van der Waals surface area contributed by atoms with Gasteiger partial charge in [0.15, 0.2) is 0 Å². The molecule has 0 fully saturated rings. The standard InChI is InChI=1S/C20H16F2N4O2/c1-10-14(20(28)26-16-5-6-24-17(9-23)19(10)16)8-18(27)25-11(2)13-4-3-12(21)7-15(13)22/h3-7,11H,8H2,1-2H3,(H,25,27)(H,26,28)/t11-/m1/s1. The number of carbonyl (C=O) groups is 1. The maximum absolute atomic E-state index is 13.9. The molecule has 0 bridgehead atoms. The lowest BCUT2D eigenvalue weighted by Gasteiger charge is -2.16. The van der Waals surface area contributed by atoms with Gasteiger partial charge < -0.3 is 10.3 Å². The first-order chi connectivity index (χ1) is 13.3. The molecule has 3 rings (SSSR count). The van der Waals surface area contributed by atoms with Crippen LogP contribution in [0.15, 0.2) is 35.3 Å². The van der Waals surface area contributed by atoms with Crippen molar-refractivity contribution in [1.82, 2.24) is 15.3 Å². The Balaban J connectivity index is 1.89. The molecule has 0 aliphatic rings. The monoisotopic (exact) mass is 382 g/mol. The van der Waals surface area contributed by atoms with Crippen LogP contribution in [-0.4, -0.2) is 15.9 Å². The van der Waals surface area contributed by atoms with Crippen molar-refractivity contribution in [1.29, 1.82) is 5.26 Å². The molecule has 0 saturated heterocycles. The summed E-state index contributed by atoms with van der Waals surface area (Å²) in [6, 6.07) is 5.94. The molecule has 8 heteroatoms. The number of carbonyl (C=O) groups excluding carboxylic acids is 1. The Morgan fingerprint density at radius 2 is 2.11 bits per heavy atom. The molecule has 6 nitrogen and oxygen atoms in total. The number of aromatic amines is 1. The number of fused-ring (bicyclic) bond motifs is 1. The summed E-state index contributed by atoms with van der Waals surface area (Å²) in [6.45, 7) is 3.20. The summed E-state index contributed by atoms with van der Waals surface area (Å²) in [4.78, 5) is 31.5. The second-order valence-corrected chi connectivity index (χ2v) is 6.38. The molecular formula is C20H16F2N4O2. The number of aromatic nitrogens is 2.